The third-order valence-electron chi connectivity index (χ3n) is 6.10. The lowest BCUT2D eigenvalue weighted by molar-refractivity contribution is 0.0303. The number of methoxy groups -OCH3 is 1. The number of ether oxygens (including phenoxy) is 2. The summed E-state index contributed by atoms with van der Waals surface area (Å²) in [5.74, 6) is 2.45. The molecule has 0 unspecified atom stereocenters. The molecule has 1 aliphatic rings. The van der Waals surface area contributed by atoms with Gasteiger partial charge in [0.25, 0.3) is 5.91 Å². The zero-order valence-corrected chi connectivity index (χ0v) is 21.0. The van der Waals surface area contributed by atoms with Crippen LogP contribution in [-0.4, -0.2) is 59.0 Å². The van der Waals surface area contributed by atoms with E-state index < -0.39 is 0 Å². The lowest BCUT2D eigenvalue weighted by Gasteiger charge is -2.26. The molecule has 0 spiro atoms. The summed E-state index contributed by atoms with van der Waals surface area (Å²) in [6, 6.07) is 26.0. The maximum absolute atomic E-state index is 12.7. The maximum Gasteiger partial charge on any atom is 0.254 e. The molecular formula is C28H28N4O3S. The monoisotopic (exact) mass is 500 g/mol. The molecule has 0 atom stereocenters. The third kappa shape index (κ3) is 5.61. The Labute approximate surface area is 215 Å². The highest BCUT2D eigenvalue weighted by Gasteiger charge is 2.19. The van der Waals surface area contributed by atoms with E-state index in [9.17, 15) is 4.79 Å². The Morgan fingerprint density at radius 1 is 0.917 bits per heavy atom. The number of amides is 1. The molecule has 184 valence electrons. The first-order valence-electron chi connectivity index (χ1n) is 11.9. The molecule has 8 heteroatoms. The van der Waals surface area contributed by atoms with Crippen LogP contribution in [0, 0.1) is 0 Å². The van der Waals surface area contributed by atoms with Gasteiger partial charge in [0.05, 0.1) is 20.3 Å². The minimum atomic E-state index is 0.0577. The second-order valence-corrected chi connectivity index (χ2v) is 9.43. The number of rotatable bonds is 8. The molecule has 7 nitrogen and oxygen atoms in total. The van der Waals surface area contributed by atoms with Crippen LogP contribution in [0.15, 0.2) is 84.0 Å². The molecule has 0 bridgehead atoms. The predicted octanol–water partition coefficient (Wildman–Crippen LogP) is 4.63. The fourth-order valence-electron chi connectivity index (χ4n) is 4.12. The Morgan fingerprint density at radius 2 is 1.64 bits per heavy atom. The SMILES string of the molecule is COc1ccc(-n2c(Cc3ccccc3)nnc2SCc2ccc(C(=O)N3CCOCC3)cc2)cc1. The molecule has 4 aromatic rings. The lowest BCUT2D eigenvalue weighted by atomic mass is 10.1. The molecule has 1 aromatic heterocycles. The first-order valence-corrected chi connectivity index (χ1v) is 12.9. The highest BCUT2D eigenvalue weighted by molar-refractivity contribution is 7.98. The molecule has 1 aliphatic heterocycles. The van der Waals surface area contributed by atoms with Crippen molar-refractivity contribution in [2.24, 2.45) is 0 Å². The second-order valence-electron chi connectivity index (χ2n) is 8.48. The van der Waals surface area contributed by atoms with Crippen LogP contribution in [0.3, 0.4) is 0 Å². The van der Waals surface area contributed by atoms with Crippen molar-refractivity contribution in [1.82, 2.24) is 19.7 Å². The number of thioether (sulfide) groups is 1. The quantitative estimate of drug-likeness (QED) is 0.329. The van der Waals surface area contributed by atoms with Crippen LogP contribution in [0.2, 0.25) is 0 Å². The van der Waals surface area contributed by atoms with Crippen LogP contribution in [0.1, 0.15) is 27.3 Å². The molecule has 3 aromatic carbocycles. The molecule has 0 N–H and O–H groups in total. The van der Waals surface area contributed by atoms with Crippen LogP contribution in [-0.2, 0) is 16.9 Å². The smallest absolute Gasteiger partial charge is 0.254 e. The molecule has 0 aliphatic carbocycles. The number of morpholine rings is 1. The van der Waals surface area contributed by atoms with Gasteiger partial charge in [-0.15, -0.1) is 10.2 Å². The molecule has 36 heavy (non-hydrogen) atoms. The van der Waals surface area contributed by atoms with E-state index in [0.717, 1.165) is 28.0 Å². The first kappa shape index (κ1) is 24.1. The van der Waals surface area contributed by atoms with Crippen LogP contribution in [0.4, 0.5) is 0 Å². The fourth-order valence-corrected chi connectivity index (χ4v) is 5.04. The largest absolute Gasteiger partial charge is 0.497 e. The normalized spacial score (nSPS) is 13.5. The Balaban J connectivity index is 1.34. The van der Waals surface area contributed by atoms with Crippen molar-refractivity contribution in [1.29, 1.82) is 0 Å². The average molecular weight is 501 g/mol. The topological polar surface area (TPSA) is 69.5 Å². The Hall–Kier alpha value is -3.62. The van der Waals surface area contributed by atoms with Gasteiger partial charge in [-0.25, -0.2) is 0 Å². The number of carbonyl (C=O) groups excluding carboxylic acids is 1. The lowest BCUT2D eigenvalue weighted by Crippen LogP contribution is -2.40. The van der Waals surface area contributed by atoms with Crippen molar-refractivity contribution >= 4 is 17.7 Å². The second kappa shape index (κ2) is 11.4. The van der Waals surface area contributed by atoms with Gasteiger partial charge < -0.3 is 14.4 Å². The van der Waals surface area contributed by atoms with Crippen LogP contribution >= 0.6 is 11.8 Å². The summed E-state index contributed by atoms with van der Waals surface area (Å²) in [4.78, 5) is 14.6. The van der Waals surface area contributed by atoms with Gasteiger partial charge in [0.1, 0.15) is 11.6 Å². The fraction of sp³-hybridized carbons (Fsp3) is 0.250. The summed E-state index contributed by atoms with van der Waals surface area (Å²) in [7, 11) is 1.66. The van der Waals surface area contributed by atoms with Gasteiger partial charge in [0.2, 0.25) is 0 Å². The van der Waals surface area contributed by atoms with E-state index in [1.807, 2.05) is 71.6 Å². The molecule has 1 fully saturated rings. The number of benzene rings is 3. The zero-order valence-electron chi connectivity index (χ0n) is 20.2. The first-order chi connectivity index (χ1) is 17.7. The number of carbonyl (C=O) groups is 1. The van der Waals surface area contributed by atoms with E-state index in [0.29, 0.717) is 44.0 Å². The Bertz CT molecular complexity index is 1280. The van der Waals surface area contributed by atoms with Gasteiger partial charge >= 0.3 is 0 Å². The van der Waals surface area contributed by atoms with Crippen molar-refractivity contribution in [2.45, 2.75) is 17.3 Å². The number of hydrogen-bond donors (Lipinski definition) is 0. The van der Waals surface area contributed by atoms with Gasteiger partial charge in [-0.2, -0.15) is 0 Å². The van der Waals surface area contributed by atoms with Crippen LogP contribution in [0.25, 0.3) is 5.69 Å². The predicted molar refractivity (Wildman–Crippen MR) is 140 cm³/mol. The van der Waals surface area contributed by atoms with E-state index in [-0.39, 0.29) is 5.91 Å². The van der Waals surface area contributed by atoms with Crippen molar-refractivity contribution in [3.8, 4) is 11.4 Å². The molecule has 0 radical (unpaired) electrons. The van der Waals surface area contributed by atoms with Crippen molar-refractivity contribution < 1.29 is 14.3 Å². The minimum Gasteiger partial charge on any atom is -0.497 e. The van der Waals surface area contributed by atoms with Crippen molar-refractivity contribution in [2.75, 3.05) is 33.4 Å². The summed E-state index contributed by atoms with van der Waals surface area (Å²) in [6.07, 6.45) is 0.679. The Morgan fingerprint density at radius 3 is 2.33 bits per heavy atom. The summed E-state index contributed by atoms with van der Waals surface area (Å²) >= 11 is 1.62. The van der Waals surface area contributed by atoms with E-state index in [2.05, 4.69) is 26.9 Å². The van der Waals surface area contributed by atoms with E-state index >= 15 is 0 Å². The Kier molecular flexibility index (Phi) is 7.64. The molecule has 2 heterocycles. The number of aromatic nitrogens is 3. The van der Waals surface area contributed by atoms with E-state index in [1.54, 1.807) is 18.9 Å². The van der Waals surface area contributed by atoms with Crippen molar-refractivity contribution in [3.63, 3.8) is 0 Å². The standard InChI is InChI=1S/C28H28N4O3S/c1-34-25-13-11-24(12-14-25)32-26(19-21-5-3-2-4-6-21)29-30-28(32)36-20-22-7-9-23(10-8-22)27(33)31-15-17-35-18-16-31/h2-14H,15-20H2,1H3. The highest BCUT2D eigenvalue weighted by atomic mass is 32.2. The summed E-state index contributed by atoms with van der Waals surface area (Å²) in [5.41, 5.74) is 3.99. The van der Waals surface area contributed by atoms with Crippen LogP contribution < -0.4 is 4.74 Å². The highest BCUT2D eigenvalue weighted by Crippen LogP contribution is 2.27. The van der Waals surface area contributed by atoms with E-state index in [4.69, 9.17) is 9.47 Å². The van der Waals surface area contributed by atoms with Gasteiger partial charge in [-0.1, -0.05) is 54.2 Å². The molecule has 1 saturated heterocycles. The van der Waals surface area contributed by atoms with Crippen LogP contribution in [0.5, 0.6) is 5.75 Å². The number of nitrogens with zero attached hydrogens (tertiary/aromatic N) is 4. The maximum atomic E-state index is 12.7. The third-order valence-corrected chi connectivity index (χ3v) is 7.10. The van der Waals surface area contributed by atoms with E-state index in [1.165, 1.54) is 5.56 Å². The van der Waals surface area contributed by atoms with Gasteiger partial charge in [-0.3, -0.25) is 9.36 Å². The molecule has 0 saturated carbocycles. The molecular weight excluding hydrogens is 472 g/mol. The average Bonchev–Trinajstić information content (AvgIpc) is 3.35. The van der Waals surface area contributed by atoms with Crippen molar-refractivity contribution in [3.05, 3.63) is 101 Å². The molecule has 1 amide bonds. The summed E-state index contributed by atoms with van der Waals surface area (Å²) in [6.45, 7) is 2.48. The minimum absolute atomic E-state index is 0.0577. The number of hydrogen-bond acceptors (Lipinski definition) is 6. The van der Waals surface area contributed by atoms with Gasteiger partial charge in [0.15, 0.2) is 5.16 Å². The van der Waals surface area contributed by atoms with Gasteiger partial charge in [0, 0.05) is 36.5 Å². The summed E-state index contributed by atoms with van der Waals surface area (Å²) in [5, 5.41) is 9.88. The summed E-state index contributed by atoms with van der Waals surface area (Å²) < 4.78 is 12.8. The molecule has 5 rings (SSSR count). The zero-order chi connectivity index (χ0) is 24.7. The van der Waals surface area contributed by atoms with Gasteiger partial charge in [-0.05, 0) is 47.5 Å².